The first kappa shape index (κ1) is 16.4. The normalized spacial score (nSPS) is 12.0. The number of benzene rings is 2. The largest absolute Gasteiger partial charge is 0.435 e. The summed E-state index contributed by atoms with van der Waals surface area (Å²) >= 11 is 3.35. The molecule has 0 aromatic heterocycles. The molecule has 0 aliphatic rings. The van der Waals surface area contributed by atoms with Crippen molar-refractivity contribution in [1.82, 2.24) is 5.32 Å². The summed E-state index contributed by atoms with van der Waals surface area (Å²) in [6.45, 7) is -1.07. The molecule has 0 fully saturated rings. The van der Waals surface area contributed by atoms with Crippen LogP contribution in [0.15, 0.2) is 53.0 Å². The van der Waals surface area contributed by atoms with Gasteiger partial charge in [0.2, 0.25) is 0 Å². The Bertz CT molecular complexity index is 647. The zero-order valence-electron chi connectivity index (χ0n) is 11.7. The number of hydrogen-bond acceptors (Lipinski definition) is 2. The van der Waals surface area contributed by atoms with E-state index < -0.39 is 6.61 Å². The highest BCUT2D eigenvalue weighted by atomic mass is 79.9. The van der Waals surface area contributed by atoms with Gasteiger partial charge in [0.05, 0.1) is 6.04 Å². The van der Waals surface area contributed by atoms with E-state index in [2.05, 4.69) is 26.0 Å². The average Bonchev–Trinajstić information content (AvgIpc) is 2.47. The molecule has 0 spiro atoms. The Hall–Kier alpha value is -1.95. The van der Waals surface area contributed by atoms with Crippen LogP contribution >= 0.6 is 15.9 Å². The number of alkyl halides is 2. The van der Waals surface area contributed by atoms with Crippen molar-refractivity contribution in [2.24, 2.45) is 0 Å². The summed E-state index contributed by atoms with van der Waals surface area (Å²) in [4.78, 5) is 12.2. The fourth-order valence-electron chi connectivity index (χ4n) is 1.93. The minimum absolute atomic E-state index is 0.0426. The maximum atomic E-state index is 12.2. The third kappa shape index (κ3) is 4.53. The lowest BCUT2D eigenvalue weighted by Gasteiger charge is -2.15. The first-order chi connectivity index (χ1) is 10.5. The zero-order valence-corrected chi connectivity index (χ0v) is 13.3. The number of carbonyl (C=O) groups is 1. The fraction of sp³-hybridized carbons (Fsp3) is 0.188. The highest BCUT2D eigenvalue weighted by molar-refractivity contribution is 9.10. The molecule has 22 heavy (non-hydrogen) atoms. The molecule has 2 rings (SSSR count). The number of nitrogens with one attached hydrogen (secondary N) is 1. The molecule has 0 heterocycles. The van der Waals surface area contributed by atoms with Crippen molar-refractivity contribution < 1.29 is 18.3 Å². The standard InChI is InChI=1S/C16H14BrF2NO2/c1-10(11-5-7-13(17)8-6-11)20-15(21)12-3-2-4-14(9-12)22-16(18)19/h2-10,16H,1H3,(H,20,21). The van der Waals surface area contributed by atoms with Gasteiger partial charge in [0.25, 0.3) is 5.91 Å². The molecule has 0 radical (unpaired) electrons. The zero-order chi connectivity index (χ0) is 16.1. The number of hydrogen-bond donors (Lipinski definition) is 1. The van der Waals surface area contributed by atoms with E-state index in [1.165, 1.54) is 18.2 Å². The Morgan fingerprint density at radius 1 is 1.18 bits per heavy atom. The first-order valence-electron chi connectivity index (χ1n) is 6.57. The molecular weight excluding hydrogens is 356 g/mol. The molecular formula is C16H14BrF2NO2. The second-order valence-electron chi connectivity index (χ2n) is 4.65. The lowest BCUT2D eigenvalue weighted by atomic mass is 10.1. The molecule has 2 aromatic carbocycles. The molecule has 1 unspecified atom stereocenters. The summed E-state index contributed by atoms with van der Waals surface area (Å²) in [6, 6.07) is 13.1. The second kappa shape index (κ2) is 7.35. The van der Waals surface area contributed by atoms with Gasteiger partial charge in [0, 0.05) is 10.0 Å². The smallest absolute Gasteiger partial charge is 0.387 e. The predicted octanol–water partition coefficient (Wildman–Crippen LogP) is 4.54. The maximum absolute atomic E-state index is 12.2. The van der Waals surface area contributed by atoms with Crippen LogP contribution in [0.2, 0.25) is 0 Å². The summed E-state index contributed by atoms with van der Waals surface area (Å²) in [5.74, 6) is -0.394. The van der Waals surface area contributed by atoms with Crippen LogP contribution < -0.4 is 10.1 Å². The van der Waals surface area contributed by atoms with Crippen molar-refractivity contribution in [3.8, 4) is 5.75 Å². The van der Waals surface area contributed by atoms with Gasteiger partial charge in [-0.3, -0.25) is 4.79 Å². The van der Waals surface area contributed by atoms with E-state index in [9.17, 15) is 13.6 Å². The van der Waals surface area contributed by atoms with Gasteiger partial charge in [0.15, 0.2) is 0 Å². The van der Waals surface area contributed by atoms with E-state index in [4.69, 9.17) is 0 Å². The molecule has 2 aromatic rings. The van der Waals surface area contributed by atoms with Crippen molar-refractivity contribution in [3.63, 3.8) is 0 Å². The van der Waals surface area contributed by atoms with Gasteiger partial charge in [-0.05, 0) is 42.8 Å². The van der Waals surface area contributed by atoms with E-state index in [0.717, 1.165) is 10.0 Å². The van der Waals surface area contributed by atoms with Gasteiger partial charge < -0.3 is 10.1 Å². The van der Waals surface area contributed by atoms with Crippen molar-refractivity contribution >= 4 is 21.8 Å². The monoisotopic (exact) mass is 369 g/mol. The Balaban J connectivity index is 2.06. The number of rotatable bonds is 5. The number of amides is 1. The van der Waals surface area contributed by atoms with E-state index >= 15 is 0 Å². The highest BCUT2D eigenvalue weighted by Crippen LogP contribution is 2.19. The second-order valence-corrected chi connectivity index (χ2v) is 5.57. The summed E-state index contributed by atoms with van der Waals surface area (Å²) in [6.07, 6.45) is 0. The lowest BCUT2D eigenvalue weighted by molar-refractivity contribution is -0.0498. The van der Waals surface area contributed by atoms with Crippen molar-refractivity contribution in [3.05, 3.63) is 64.1 Å². The maximum Gasteiger partial charge on any atom is 0.387 e. The van der Waals surface area contributed by atoms with Gasteiger partial charge in [-0.1, -0.05) is 34.1 Å². The van der Waals surface area contributed by atoms with Gasteiger partial charge >= 0.3 is 6.61 Å². The molecule has 1 atom stereocenters. The highest BCUT2D eigenvalue weighted by Gasteiger charge is 2.13. The van der Waals surface area contributed by atoms with Gasteiger partial charge in [-0.15, -0.1) is 0 Å². The van der Waals surface area contributed by atoms with Gasteiger partial charge in [0.1, 0.15) is 5.75 Å². The van der Waals surface area contributed by atoms with Crippen LogP contribution in [0.1, 0.15) is 28.9 Å². The molecule has 0 bridgehead atoms. The minimum Gasteiger partial charge on any atom is -0.435 e. The Kier molecular flexibility index (Phi) is 5.49. The predicted molar refractivity (Wildman–Crippen MR) is 83.1 cm³/mol. The Labute approximate surface area is 135 Å². The van der Waals surface area contributed by atoms with E-state index in [1.54, 1.807) is 6.07 Å². The van der Waals surface area contributed by atoms with Crippen molar-refractivity contribution in [2.75, 3.05) is 0 Å². The number of ether oxygens (including phenoxy) is 1. The van der Waals surface area contributed by atoms with Crippen LogP contribution in [0.4, 0.5) is 8.78 Å². The lowest BCUT2D eigenvalue weighted by Crippen LogP contribution is -2.26. The molecule has 116 valence electrons. The van der Waals surface area contributed by atoms with Crippen LogP contribution in [-0.4, -0.2) is 12.5 Å². The topological polar surface area (TPSA) is 38.3 Å². The van der Waals surface area contributed by atoms with Crippen LogP contribution in [0.25, 0.3) is 0 Å². The molecule has 1 N–H and O–H groups in total. The molecule has 6 heteroatoms. The van der Waals surface area contributed by atoms with Gasteiger partial charge in [-0.25, -0.2) is 0 Å². The Morgan fingerprint density at radius 3 is 2.50 bits per heavy atom. The number of halogens is 3. The van der Waals surface area contributed by atoms with Crippen LogP contribution in [0.5, 0.6) is 5.75 Å². The number of carbonyl (C=O) groups excluding carboxylic acids is 1. The molecule has 0 saturated heterocycles. The third-order valence-corrected chi connectivity index (χ3v) is 3.57. The molecule has 0 aliphatic heterocycles. The van der Waals surface area contributed by atoms with Gasteiger partial charge in [-0.2, -0.15) is 8.78 Å². The van der Waals surface area contributed by atoms with Crippen molar-refractivity contribution in [2.45, 2.75) is 19.6 Å². The van der Waals surface area contributed by atoms with E-state index in [1.807, 2.05) is 31.2 Å². The van der Waals surface area contributed by atoms with Crippen LogP contribution in [0, 0.1) is 0 Å². The van der Waals surface area contributed by atoms with Crippen molar-refractivity contribution in [1.29, 1.82) is 0 Å². The summed E-state index contributed by atoms with van der Waals surface area (Å²) < 4.78 is 29.6. The summed E-state index contributed by atoms with van der Waals surface area (Å²) in [5.41, 5.74) is 1.21. The summed E-state index contributed by atoms with van der Waals surface area (Å²) in [7, 11) is 0. The average molecular weight is 370 g/mol. The SMILES string of the molecule is CC(NC(=O)c1cccc(OC(F)F)c1)c1ccc(Br)cc1. The Morgan fingerprint density at radius 2 is 1.86 bits per heavy atom. The molecule has 0 aliphatic carbocycles. The third-order valence-electron chi connectivity index (χ3n) is 3.04. The quantitative estimate of drug-likeness (QED) is 0.839. The van der Waals surface area contributed by atoms with E-state index in [0.29, 0.717) is 0 Å². The first-order valence-corrected chi connectivity index (χ1v) is 7.36. The minimum atomic E-state index is -2.92. The molecule has 0 saturated carbocycles. The summed E-state index contributed by atoms with van der Waals surface area (Å²) in [5, 5.41) is 2.82. The van der Waals surface area contributed by atoms with Crippen LogP contribution in [-0.2, 0) is 0 Å². The molecule has 1 amide bonds. The van der Waals surface area contributed by atoms with Crippen LogP contribution in [0.3, 0.4) is 0 Å². The molecule has 3 nitrogen and oxygen atoms in total. The fourth-order valence-corrected chi connectivity index (χ4v) is 2.19. The van der Waals surface area contributed by atoms with E-state index in [-0.39, 0.29) is 23.3 Å².